The summed E-state index contributed by atoms with van der Waals surface area (Å²) in [6.45, 7) is 4.44. The van der Waals surface area contributed by atoms with Crippen molar-refractivity contribution in [2.24, 2.45) is 0 Å². The van der Waals surface area contributed by atoms with E-state index in [1.54, 1.807) is 6.20 Å². The van der Waals surface area contributed by atoms with Crippen molar-refractivity contribution in [1.82, 2.24) is 10.3 Å². The Kier molecular flexibility index (Phi) is 4.57. The summed E-state index contributed by atoms with van der Waals surface area (Å²) in [6.07, 6.45) is 2.38. The number of nitrogens with one attached hydrogen (secondary N) is 2. The van der Waals surface area contributed by atoms with E-state index in [-0.39, 0.29) is 5.54 Å². The van der Waals surface area contributed by atoms with Crippen LogP contribution in [0.1, 0.15) is 13.8 Å². The Morgan fingerprint density at radius 3 is 2.60 bits per heavy atom. The number of hydrogen-bond donors (Lipinski definition) is 3. The number of fused-ring (bicyclic) bond motifs is 1. The molecule has 0 aliphatic heterocycles. The minimum absolute atomic E-state index is 0.381. The molecule has 5 heteroatoms. The van der Waals surface area contributed by atoms with Gasteiger partial charge in [0.15, 0.2) is 0 Å². The fourth-order valence-electron chi connectivity index (χ4n) is 2.74. The number of rotatable bonds is 6. The van der Waals surface area contributed by atoms with Gasteiger partial charge in [-0.15, -0.1) is 0 Å². The van der Waals surface area contributed by atoms with Gasteiger partial charge < -0.3 is 16.4 Å². The number of amides is 1. The molecule has 2 aromatic carbocycles. The van der Waals surface area contributed by atoms with Gasteiger partial charge in [0.25, 0.3) is 0 Å². The first-order valence-electron chi connectivity index (χ1n) is 8.19. The molecule has 0 radical (unpaired) electrons. The van der Waals surface area contributed by atoms with E-state index in [2.05, 4.69) is 39.9 Å². The topological polar surface area (TPSA) is 80.0 Å². The van der Waals surface area contributed by atoms with Crippen molar-refractivity contribution in [2.75, 3.05) is 17.6 Å². The molecule has 0 aliphatic carbocycles. The molecule has 0 unspecified atom stereocenters. The van der Waals surface area contributed by atoms with E-state index in [4.69, 9.17) is 5.73 Å². The first kappa shape index (κ1) is 16.8. The van der Waals surface area contributed by atoms with E-state index < -0.39 is 0 Å². The van der Waals surface area contributed by atoms with Gasteiger partial charge in [-0.1, -0.05) is 42.5 Å². The number of hydrogen-bond acceptors (Lipinski definition) is 4. The third kappa shape index (κ3) is 3.71. The Hall–Kier alpha value is -3.08. The summed E-state index contributed by atoms with van der Waals surface area (Å²) >= 11 is 0. The van der Waals surface area contributed by atoms with Crippen LogP contribution in [0.4, 0.5) is 11.4 Å². The minimum Gasteiger partial charge on any atom is -0.396 e. The highest BCUT2D eigenvalue weighted by atomic mass is 16.1. The first-order valence-corrected chi connectivity index (χ1v) is 8.19. The number of nitrogens with two attached hydrogens (primary N) is 1. The molecule has 0 atom stereocenters. The van der Waals surface area contributed by atoms with Crippen molar-refractivity contribution < 1.29 is 4.79 Å². The molecular weight excluding hydrogens is 312 g/mol. The van der Waals surface area contributed by atoms with Crippen molar-refractivity contribution >= 4 is 28.7 Å². The molecule has 3 rings (SSSR count). The van der Waals surface area contributed by atoms with Crippen LogP contribution in [-0.4, -0.2) is 23.5 Å². The zero-order chi connectivity index (χ0) is 17.9. The number of anilines is 2. The lowest BCUT2D eigenvalue weighted by Crippen LogP contribution is -2.44. The molecule has 4 N–H and O–H groups in total. The summed E-state index contributed by atoms with van der Waals surface area (Å²) in [5.74, 6) is 0. The highest BCUT2D eigenvalue weighted by Crippen LogP contribution is 2.31. The number of nitrogens with zero attached hydrogens (tertiary/aromatic N) is 1. The summed E-state index contributed by atoms with van der Waals surface area (Å²) in [5, 5.41) is 7.10. The lowest BCUT2D eigenvalue weighted by molar-refractivity contribution is -0.110. The highest BCUT2D eigenvalue weighted by molar-refractivity contribution is 5.98. The Bertz CT molecular complexity index is 891. The molecule has 128 valence electrons. The number of pyridine rings is 1. The standard InChI is InChI=1S/C20H22N4O/c1-20(2,24-13-25)12-23-19-16-9-8-15(14-6-4-3-5-7-14)10-18(16)22-11-17(19)21/h3-11,13H,12,21H2,1-2H3,(H,22,23)(H,24,25). The minimum atomic E-state index is -0.381. The molecule has 1 amide bonds. The monoisotopic (exact) mass is 334 g/mol. The number of carbonyl (C=O) groups is 1. The van der Waals surface area contributed by atoms with Gasteiger partial charge in [0.2, 0.25) is 6.41 Å². The van der Waals surface area contributed by atoms with Gasteiger partial charge in [-0.05, 0) is 31.0 Å². The summed E-state index contributed by atoms with van der Waals surface area (Å²) in [7, 11) is 0. The van der Waals surface area contributed by atoms with Gasteiger partial charge in [-0.2, -0.15) is 0 Å². The second-order valence-corrected chi connectivity index (χ2v) is 6.69. The van der Waals surface area contributed by atoms with Gasteiger partial charge in [0.1, 0.15) is 0 Å². The molecule has 0 fully saturated rings. The summed E-state index contributed by atoms with van der Waals surface area (Å²) in [6, 6.07) is 16.3. The number of aromatic nitrogens is 1. The second-order valence-electron chi connectivity index (χ2n) is 6.69. The van der Waals surface area contributed by atoms with Crippen LogP contribution >= 0.6 is 0 Å². The largest absolute Gasteiger partial charge is 0.396 e. The Morgan fingerprint density at radius 1 is 1.12 bits per heavy atom. The second kappa shape index (κ2) is 6.81. The smallest absolute Gasteiger partial charge is 0.207 e. The predicted octanol–water partition coefficient (Wildman–Crippen LogP) is 3.42. The average Bonchev–Trinajstić information content (AvgIpc) is 2.61. The van der Waals surface area contributed by atoms with Crippen molar-refractivity contribution in [3.05, 3.63) is 54.7 Å². The van der Waals surface area contributed by atoms with Crippen LogP contribution < -0.4 is 16.4 Å². The van der Waals surface area contributed by atoms with Crippen molar-refractivity contribution in [2.45, 2.75) is 19.4 Å². The van der Waals surface area contributed by atoms with E-state index >= 15 is 0 Å². The molecule has 0 spiro atoms. The molecule has 3 aromatic rings. The molecule has 0 saturated carbocycles. The maximum Gasteiger partial charge on any atom is 0.207 e. The zero-order valence-electron chi connectivity index (χ0n) is 14.4. The number of nitrogen functional groups attached to an aromatic ring is 1. The van der Waals surface area contributed by atoms with E-state index in [9.17, 15) is 4.79 Å². The van der Waals surface area contributed by atoms with Gasteiger partial charge in [0, 0.05) is 11.9 Å². The third-order valence-electron chi connectivity index (χ3n) is 4.16. The highest BCUT2D eigenvalue weighted by Gasteiger charge is 2.17. The fourth-order valence-corrected chi connectivity index (χ4v) is 2.74. The van der Waals surface area contributed by atoms with Crippen LogP contribution in [0.2, 0.25) is 0 Å². The van der Waals surface area contributed by atoms with E-state index in [0.717, 1.165) is 27.7 Å². The quantitative estimate of drug-likeness (QED) is 0.603. The molecule has 0 bridgehead atoms. The third-order valence-corrected chi connectivity index (χ3v) is 4.16. The molecule has 1 heterocycles. The van der Waals surface area contributed by atoms with E-state index in [1.165, 1.54) is 0 Å². The summed E-state index contributed by atoms with van der Waals surface area (Å²) < 4.78 is 0. The van der Waals surface area contributed by atoms with Crippen LogP contribution in [0.3, 0.4) is 0 Å². The van der Waals surface area contributed by atoms with Gasteiger partial charge in [-0.25, -0.2) is 0 Å². The van der Waals surface area contributed by atoms with Crippen LogP contribution in [0.15, 0.2) is 54.7 Å². The van der Waals surface area contributed by atoms with Crippen molar-refractivity contribution in [3.8, 4) is 11.1 Å². The van der Waals surface area contributed by atoms with Crippen molar-refractivity contribution in [1.29, 1.82) is 0 Å². The Morgan fingerprint density at radius 2 is 1.88 bits per heavy atom. The zero-order valence-corrected chi connectivity index (χ0v) is 14.4. The Labute approximate surface area is 147 Å². The van der Waals surface area contributed by atoms with Crippen LogP contribution in [0, 0.1) is 0 Å². The maximum absolute atomic E-state index is 10.7. The van der Waals surface area contributed by atoms with Crippen LogP contribution in [-0.2, 0) is 4.79 Å². The fraction of sp³-hybridized carbons (Fsp3) is 0.200. The van der Waals surface area contributed by atoms with E-state index in [1.807, 2.05) is 38.1 Å². The molecule has 0 aliphatic rings. The lowest BCUT2D eigenvalue weighted by atomic mass is 10.0. The molecule has 25 heavy (non-hydrogen) atoms. The van der Waals surface area contributed by atoms with Gasteiger partial charge in [0.05, 0.1) is 28.6 Å². The number of carbonyl (C=O) groups excluding carboxylic acids is 1. The van der Waals surface area contributed by atoms with Crippen LogP contribution in [0.25, 0.3) is 22.0 Å². The van der Waals surface area contributed by atoms with Crippen molar-refractivity contribution in [3.63, 3.8) is 0 Å². The van der Waals surface area contributed by atoms with Crippen LogP contribution in [0.5, 0.6) is 0 Å². The molecule has 1 aromatic heterocycles. The molecular formula is C20H22N4O. The first-order chi connectivity index (χ1) is 12.0. The summed E-state index contributed by atoms with van der Waals surface area (Å²) in [4.78, 5) is 15.2. The predicted molar refractivity (Wildman–Crippen MR) is 103 cm³/mol. The molecule has 5 nitrogen and oxygen atoms in total. The SMILES string of the molecule is CC(C)(CNc1c(N)cnc2cc(-c3ccccc3)ccc12)NC=O. The van der Waals surface area contributed by atoms with E-state index in [0.29, 0.717) is 18.6 Å². The lowest BCUT2D eigenvalue weighted by Gasteiger charge is -2.25. The molecule has 0 saturated heterocycles. The number of benzene rings is 2. The average molecular weight is 334 g/mol. The summed E-state index contributed by atoms with van der Waals surface area (Å²) in [5.41, 5.74) is 10.3. The Balaban J connectivity index is 1.96. The van der Waals surface area contributed by atoms with Gasteiger partial charge in [-0.3, -0.25) is 9.78 Å². The van der Waals surface area contributed by atoms with Gasteiger partial charge >= 0.3 is 0 Å². The maximum atomic E-state index is 10.7. The normalized spacial score (nSPS) is 11.3.